The molecule has 0 saturated carbocycles. The summed E-state index contributed by atoms with van der Waals surface area (Å²) in [5.74, 6) is 0.885. The monoisotopic (exact) mass is 240 g/mol. The van der Waals surface area contributed by atoms with Crippen molar-refractivity contribution >= 4 is 0 Å². The Morgan fingerprint density at radius 2 is 2.06 bits per heavy atom. The molecule has 0 radical (unpaired) electrons. The summed E-state index contributed by atoms with van der Waals surface area (Å²) in [4.78, 5) is 0. The van der Waals surface area contributed by atoms with Gasteiger partial charge in [0.1, 0.15) is 5.76 Å². The van der Waals surface area contributed by atoms with Crippen molar-refractivity contribution in [2.24, 2.45) is 5.73 Å². The lowest BCUT2D eigenvalue weighted by molar-refractivity contribution is 0.411. The second-order valence-electron chi connectivity index (χ2n) is 4.68. The van der Waals surface area contributed by atoms with Crippen molar-refractivity contribution < 1.29 is 4.42 Å². The molecule has 0 saturated heterocycles. The van der Waals surface area contributed by atoms with Crippen LogP contribution in [0.4, 0.5) is 0 Å². The summed E-state index contributed by atoms with van der Waals surface area (Å²) in [5, 5.41) is 9.19. The second-order valence-corrected chi connectivity index (χ2v) is 4.68. The SMILES string of the molecule is CC(CN)(Cc1ccco1)c1ccccc1C#N. The number of hydrogen-bond acceptors (Lipinski definition) is 3. The number of nitrogens with two attached hydrogens (primary N) is 1. The summed E-state index contributed by atoms with van der Waals surface area (Å²) in [6.45, 7) is 2.53. The molecule has 1 heterocycles. The predicted molar refractivity (Wildman–Crippen MR) is 70.0 cm³/mol. The first-order valence-corrected chi connectivity index (χ1v) is 5.92. The number of nitrogens with zero attached hydrogens (tertiary/aromatic N) is 1. The highest BCUT2D eigenvalue weighted by molar-refractivity contribution is 5.43. The van der Waals surface area contributed by atoms with Gasteiger partial charge in [-0.05, 0) is 23.8 Å². The average molecular weight is 240 g/mol. The Kier molecular flexibility index (Phi) is 3.50. The number of benzene rings is 1. The lowest BCUT2D eigenvalue weighted by Gasteiger charge is -2.28. The highest BCUT2D eigenvalue weighted by Gasteiger charge is 2.28. The fraction of sp³-hybridized carbons (Fsp3) is 0.267. The first-order chi connectivity index (χ1) is 8.69. The molecule has 0 amide bonds. The van der Waals surface area contributed by atoms with E-state index in [1.807, 2.05) is 36.4 Å². The molecule has 0 bridgehead atoms. The molecule has 18 heavy (non-hydrogen) atoms. The first kappa shape index (κ1) is 12.4. The highest BCUT2D eigenvalue weighted by atomic mass is 16.3. The summed E-state index contributed by atoms with van der Waals surface area (Å²) in [6.07, 6.45) is 2.34. The van der Waals surface area contributed by atoms with Crippen molar-refractivity contribution in [1.82, 2.24) is 0 Å². The van der Waals surface area contributed by atoms with E-state index in [2.05, 4.69) is 13.0 Å². The molecule has 3 heteroatoms. The minimum absolute atomic E-state index is 0.288. The van der Waals surface area contributed by atoms with Crippen molar-refractivity contribution in [3.63, 3.8) is 0 Å². The van der Waals surface area contributed by atoms with E-state index in [9.17, 15) is 5.26 Å². The van der Waals surface area contributed by atoms with Crippen LogP contribution in [-0.2, 0) is 11.8 Å². The van der Waals surface area contributed by atoms with E-state index in [-0.39, 0.29) is 5.41 Å². The normalized spacial score (nSPS) is 13.8. The zero-order valence-electron chi connectivity index (χ0n) is 10.4. The molecule has 0 aliphatic rings. The van der Waals surface area contributed by atoms with Crippen LogP contribution in [0.3, 0.4) is 0 Å². The molecule has 3 nitrogen and oxygen atoms in total. The maximum Gasteiger partial charge on any atom is 0.104 e. The minimum Gasteiger partial charge on any atom is -0.469 e. The highest BCUT2D eigenvalue weighted by Crippen LogP contribution is 2.29. The Labute approximate surface area is 107 Å². The minimum atomic E-state index is -0.288. The zero-order chi connectivity index (χ0) is 13.0. The van der Waals surface area contributed by atoms with Crippen LogP contribution < -0.4 is 5.73 Å². The molecule has 1 unspecified atom stereocenters. The van der Waals surface area contributed by atoms with Gasteiger partial charge in [-0.3, -0.25) is 0 Å². The third-order valence-corrected chi connectivity index (χ3v) is 3.29. The number of furan rings is 1. The molecular formula is C15H16N2O. The van der Waals surface area contributed by atoms with E-state index < -0.39 is 0 Å². The maximum atomic E-state index is 9.19. The largest absolute Gasteiger partial charge is 0.469 e. The van der Waals surface area contributed by atoms with Crippen LogP contribution in [0.25, 0.3) is 0 Å². The molecule has 1 aromatic heterocycles. The van der Waals surface area contributed by atoms with Crippen LogP contribution in [0, 0.1) is 11.3 Å². The Morgan fingerprint density at radius 3 is 2.67 bits per heavy atom. The molecule has 2 aromatic rings. The van der Waals surface area contributed by atoms with Gasteiger partial charge in [0.2, 0.25) is 0 Å². The van der Waals surface area contributed by atoms with Crippen molar-refractivity contribution in [3.8, 4) is 6.07 Å². The molecule has 2 rings (SSSR count). The van der Waals surface area contributed by atoms with Gasteiger partial charge in [0.25, 0.3) is 0 Å². The number of hydrogen-bond donors (Lipinski definition) is 1. The Bertz CT molecular complexity index is 554. The topological polar surface area (TPSA) is 62.9 Å². The molecule has 92 valence electrons. The summed E-state index contributed by atoms with van der Waals surface area (Å²) >= 11 is 0. The summed E-state index contributed by atoms with van der Waals surface area (Å²) in [7, 11) is 0. The molecule has 0 aliphatic heterocycles. The van der Waals surface area contributed by atoms with Gasteiger partial charge in [0.05, 0.1) is 17.9 Å². The van der Waals surface area contributed by atoms with Gasteiger partial charge in [0, 0.05) is 18.4 Å². The van der Waals surface area contributed by atoms with E-state index in [0.29, 0.717) is 18.5 Å². The van der Waals surface area contributed by atoms with Crippen LogP contribution >= 0.6 is 0 Å². The molecule has 1 atom stereocenters. The standard InChI is InChI=1S/C15H16N2O/c1-15(11-17,9-13-6-4-8-18-13)14-7-3-2-5-12(14)10-16/h2-8H,9,11,17H2,1H3. The van der Waals surface area contributed by atoms with Crippen LogP contribution in [0.15, 0.2) is 47.1 Å². The average Bonchev–Trinajstić information content (AvgIpc) is 2.91. The Hall–Kier alpha value is -2.05. The van der Waals surface area contributed by atoms with Crippen LogP contribution in [-0.4, -0.2) is 6.54 Å². The lowest BCUT2D eigenvalue weighted by atomic mass is 9.77. The molecule has 0 fully saturated rings. The molecule has 1 aromatic carbocycles. The van der Waals surface area contributed by atoms with Gasteiger partial charge in [-0.1, -0.05) is 25.1 Å². The molecule has 2 N–H and O–H groups in total. The molecular weight excluding hydrogens is 224 g/mol. The third kappa shape index (κ3) is 2.29. The maximum absolute atomic E-state index is 9.19. The Balaban J connectivity index is 2.40. The molecule has 0 aliphatic carbocycles. The Morgan fingerprint density at radius 1 is 1.28 bits per heavy atom. The van der Waals surface area contributed by atoms with Crippen LogP contribution in [0.1, 0.15) is 23.8 Å². The fourth-order valence-corrected chi connectivity index (χ4v) is 2.18. The van der Waals surface area contributed by atoms with Gasteiger partial charge in [0.15, 0.2) is 0 Å². The van der Waals surface area contributed by atoms with Gasteiger partial charge in [-0.2, -0.15) is 5.26 Å². The molecule has 0 spiro atoms. The zero-order valence-corrected chi connectivity index (χ0v) is 10.4. The summed E-state index contributed by atoms with van der Waals surface area (Å²) in [5.41, 5.74) is 7.30. The van der Waals surface area contributed by atoms with Crippen LogP contribution in [0.2, 0.25) is 0 Å². The third-order valence-electron chi connectivity index (χ3n) is 3.29. The fourth-order valence-electron chi connectivity index (χ4n) is 2.18. The van der Waals surface area contributed by atoms with Crippen molar-refractivity contribution in [1.29, 1.82) is 5.26 Å². The van der Waals surface area contributed by atoms with Gasteiger partial charge in [-0.15, -0.1) is 0 Å². The van der Waals surface area contributed by atoms with Gasteiger partial charge >= 0.3 is 0 Å². The first-order valence-electron chi connectivity index (χ1n) is 5.92. The van der Waals surface area contributed by atoms with Crippen molar-refractivity contribution in [2.45, 2.75) is 18.8 Å². The van der Waals surface area contributed by atoms with E-state index in [1.165, 1.54) is 0 Å². The van der Waals surface area contributed by atoms with E-state index in [0.717, 1.165) is 11.3 Å². The van der Waals surface area contributed by atoms with E-state index in [4.69, 9.17) is 10.2 Å². The van der Waals surface area contributed by atoms with E-state index >= 15 is 0 Å². The quantitative estimate of drug-likeness (QED) is 0.893. The van der Waals surface area contributed by atoms with Gasteiger partial charge in [-0.25, -0.2) is 0 Å². The second kappa shape index (κ2) is 5.07. The number of nitriles is 1. The van der Waals surface area contributed by atoms with Crippen molar-refractivity contribution in [2.75, 3.05) is 6.54 Å². The van der Waals surface area contributed by atoms with Gasteiger partial charge < -0.3 is 10.2 Å². The van der Waals surface area contributed by atoms with Crippen LogP contribution in [0.5, 0.6) is 0 Å². The summed E-state index contributed by atoms with van der Waals surface area (Å²) < 4.78 is 5.39. The smallest absolute Gasteiger partial charge is 0.104 e. The predicted octanol–water partition coefficient (Wildman–Crippen LogP) is 2.61. The lowest BCUT2D eigenvalue weighted by Crippen LogP contribution is -2.34. The number of rotatable bonds is 4. The van der Waals surface area contributed by atoms with E-state index in [1.54, 1.807) is 6.26 Å². The summed E-state index contributed by atoms with van der Waals surface area (Å²) in [6, 6.07) is 13.6. The van der Waals surface area contributed by atoms with Crippen molar-refractivity contribution in [3.05, 3.63) is 59.5 Å².